The number of fused-ring (bicyclic) bond motifs is 1. The van der Waals surface area contributed by atoms with E-state index in [1.165, 1.54) is 6.92 Å². The number of ketones is 1. The maximum absolute atomic E-state index is 12.8. The molecule has 2 aromatic rings. The summed E-state index contributed by atoms with van der Waals surface area (Å²) in [5, 5.41) is 0. The Bertz CT molecular complexity index is 989. The molecule has 0 aliphatic carbocycles. The van der Waals surface area contributed by atoms with Crippen molar-refractivity contribution in [3.05, 3.63) is 53.6 Å². The molecule has 0 atom stereocenters. The third kappa shape index (κ3) is 3.87. The van der Waals surface area contributed by atoms with E-state index >= 15 is 0 Å². The number of Topliss-reactive ketones (excluding diaryl/α,β-unsaturated/α-hetero) is 1. The number of carbonyl (C=O) groups excluding carboxylic acids is 3. The molecule has 0 radical (unpaired) electrons. The fourth-order valence-corrected chi connectivity index (χ4v) is 4.01. The van der Waals surface area contributed by atoms with E-state index in [2.05, 4.69) is 0 Å². The number of hydrogen-bond donors (Lipinski definition) is 0. The smallest absolute Gasteiger partial charge is 0.308 e. The Morgan fingerprint density at radius 3 is 2.33 bits per heavy atom. The number of carbonyl (C=O) groups is 3. The molecule has 4 rings (SSSR count). The van der Waals surface area contributed by atoms with Crippen molar-refractivity contribution < 1.29 is 28.6 Å². The zero-order chi connectivity index (χ0) is 21.3. The van der Waals surface area contributed by atoms with Gasteiger partial charge in [-0.05, 0) is 42.5 Å². The standard InChI is InChI=1S/C23H23NO6/c1-15(25)29-17-5-3-16(4-6-17)22(27)24-11-9-23(10-12-24)14-20(26)19-13-18(28-2)7-8-21(19)30-23/h3-8,13H,9-12,14H2,1-2H3. The van der Waals surface area contributed by atoms with E-state index in [0.717, 1.165) is 0 Å². The molecule has 7 heteroatoms. The fourth-order valence-electron chi connectivity index (χ4n) is 4.01. The first-order valence-electron chi connectivity index (χ1n) is 9.87. The van der Waals surface area contributed by atoms with Gasteiger partial charge in [-0.2, -0.15) is 0 Å². The van der Waals surface area contributed by atoms with E-state index in [1.807, 2.05) is 0 Å². The fraction of sp³-hybridized carbons (Fsp3) is 0.348. The highest BCUT2D eigenvalue weighted by molar-refractivity contribution is 6.01. The van der Waals surface area contributed by atoms with E-state index in [0.29, 0.717) is 60.7 Å². The van der Waals surface area contributed by atoms with Gasteiger partial charge in [-0.15, -0.1) is 0 Å². The van der Waals surface area contributed by atoms with Crippen LogP contribution in [0, 0.1) is 0 Å². The maximum atomic E-state index is 12.8. The Labute approximate surface area is 174 Å². The molecule has 2 heterocycles. The molecule has 30 heavy (non-hydrogen) atoms. The summed E-state index contributed by atoms with van der Waals surface area (Å²) >= 11 is 0. The van der Waals surface area contributed by atoms with Gasteiger partial charge >= 0.3 is 5.97 Å². The van der Waals surface area contributed by atoms with E-state index in [4.69, 9.17) is 14.2 Å². The largest absolute Gasteiger partial charge is 0.497 e. The van der Waals surface area contributed by atoms with Crippen molar-refractivity contribution >= 4 is 17.7 Å². The number of esters is 1. The van der Waals surface area contributed by atoms with Crippen molar-refractivity contribution in [1.29, 1.82) is 0 Å². The summed E-state index contributed by atoms with van der Waals surface area (Å²) in [6.07, 6.45) is 1.47. The van der Waals surface area contributed by atoms with Crippen molar-refractivity contribution in [1.82, 2.24) is 4.90 Å². The van der Waals surface area contributed by atoms with Crippen LogP contribution in [-0.2, 0) is 4.79 Å². The van der Waals surface area contributed by atoms with Crippen molar-refractivity contribution in [3.8, 4) is 17.2 Å². The predicted octanol–water partition coefficient (Wildman–Crippen LogP) is 3.26. The summed E-state index contributed by atoms with van der Waals surface area (Å²) in [4.78, 5) is 38.3. The average Bonchev–Trinajstić information content (AvgIpc) is 2.74. The molecule has 0 bridgehead atoms. The number of benzene rings is 2. The normalized spacial score (nSPS) is 17.1. The van der Waals surface area contributed by atoms with Gasteiger partial charge in [0.2, 0.25) is 0 Å². The van der Waals surface area contributed by atoms with E-state index < -0.39 is 11.6 Å². The van der Waals surface area contributed by atoms with Crippen molar-refractivity contribution in [2.24, 2.45) is 0 Å². The van der Waals surface area contributed by atoms with Gasteiger partial charge in [0.15, 0.2) is 5.78 Å². The lowest BCUT2D eigenvalue weighted by Crippen LogP contribution is -2.52. The molecule has 1 spiro atoms. The molecular formula is C23H23NO6. The van der Waals surface area contributed by atoms with Crippen LogP contribution in [-0.4, -0.2) is 48.4 Å². The molecule has 0 N–H and O–H groups in total. The molecule has 2 aliphatic heterocycles. The van der Waals surface area contributed by atoms with Crippen LogP contribution in [0.15, 0.2) is 42.5 Å². The minimum Gasteiger partial charge on any atom is -0.497 e. The lowest BCUT2D eigenvalue weighted by molar-refractivity contribution is -0.131. The third-order valence-corrected chi connectivity index (χ3v) is 5.62. The van der Waals surface area contributed by atoms with Crippen LogP contribution >= 0.6 is 0 Å². The number of hydrogen-bond acceptors (Lipinski definition) is 6. The topological polar surface area (TPSA) is 82.1 Å². The number of likely N-dealkylation sites (tertiary alicyclic amines) is 1. The highest BCUT2D eigenvalue weighted by Crippen LogP contribution is 2.40. The lowest BCUT2D eigenvalue weighted by atomic mass is 9.82. The maximum Gasteiger partial charge on any atom is 0.308 e. The molecule has 2 aromatic carbocycles. The van der Waals surface area contributed by atoms with Gasteiger partial charge in [0, 0.05) is 38.4 Å². The van der Waals surface area contributed by atoms with Crippen LogP contribution in [0.25, 0.3) is 0 Å². The zero-order valence-electron chi connectivity index (χ0n) is 17.0. The molecule has 1 fully saturated rings. The second-order valence-electron chi connectivity index (χ2n) is 7.66. The summed E-state index contributed by atoms with van der Waals surface area (Å²) in [6.45, 7) is 2.34. The predicted molar refractivity (Wildman–Crippen MR) is 108 cm³/mol. The van der Waals surface area contributed by atoms with Gasteiger partial charge in [0.1, 0.15) is 22.8 Å². The van der Waals surface area contributed by atoms with Crippen LogP contribution in [0.1, 0.15) is 46.9 Å². The summed E-state index contributed by atoms with van der Waals surface area (Å²) in [5.41, 5.74) is 0.500. The van der Waals surface area contributed by atoms with Gasteiger partial charge in [-0.3, -0.25) is 14.4 Å². The Hall–Kier alpha value is -3.35. The van der Waals surface area contributed by atoms with Crippen molar-refractivity contribution in [2.75, 3.05) is 20.2 Å². The number of methoxy groups -OCH3 is 1. The van der Waals surface area contributed by atoms with Crippen molar-refractivity contribution in [3.63, 3.8) is 0 Å². The van der Waals surface area contributed by atoms with Crippen LogP contribution in [0.4, 0.5) is 0 Å². The van der Waals surface area contributed by atoms with Crippen LogP contribution < -0.4 is 14.2 Å². The minimum absolute atomic E-state index is 0.0380. The van der Waals surface area contributed by atoms with Crippen LogP contribution in [0.2, 0.25) is 0 Å². The molecule has 2 aliphatic rings. The molecule has 0 unspecified atom stereocenters. The third-order valence-electron chi connectivity index (χ3n) is 5.62. The average molecular weight is 409 g/mol. The minimum atomic E-state index is -0.575. The second-order valence-corrected chi connectivity index (χ2v) is 7.66. The summed E-state index contributed by atoms with van der Waals surface area (Å²) in [6, 6.07) is 11.8. The quantitative estimate of drug-likeness (QED) is 0.572. The first-order valence-corrected chi connectivity index (χ1v) is 9.87. The zero-order valence-corrected chi connectivity index (χ0v) is 17.0. The lowest BCUT2D eigenvalue weighted by Gasteiger charge is -2.44. The van der Waals surface area contributed by atoms with Gasteiger partial charge in [-0.1, -0.05) is 0 Å². The molecule has 1 saturated heterocycles. The molecule has 1 amide bonds. The van der Waals surface area contributed by atoms with Gasteiger partial charge in [0.25, 0.3) is 5.91 Å². The number of rotatable bonds is 3. The molecule has 156 valence electrons. The summed E-state index contributed by atoms with van der Waals surface area (Å²) in [5.74, 6) is 1.15. The van der Waals surface area contributed by atoms with Gasteiger partial charge < -0.3 is 19.1 Å². The van der Waals surface area contributed by atoms with Crippen LogP contribution in [0.3, 0.4) is 0 Å². The van der Waals surface area contributed by atoms with Crippen LogP contribution in [0.5, 0.6) is 17.2 Å². The summed E-state index contributed by atoms with van der Waals surface area (Å²) < 4.78 is 16.5. The Kier molecular flexibility index (Phi) is 5.20. The molecular weight excluding hydrogens is 386 g/mol. The Morgan fingerprint density at radius 1 is 1.03 bits per heavy atom. The monoisotopic (exact) mass is 409 g/mol. The molecule has 0 saturated carbocycles. The highest BCUT2D eigenvalue weighted by Gasteiger charge is 2.43. The van der Waals surface area contributed by atoms with E-state index in [1.54, 1.807) is 54.5 Å². The highest BCUT2D eigenvalue weighted by atomic mass is 16.5. The van der Waals surface area contributed by atoms with Gasteiger partial charge in [-0.25, -0.2) is 0 Å². The Morgan fingerprint density at radius 2 is 1.70 bits per heavy atom. The molecule has 0 aromatic heterocycles. The second kappa shape index (κ2) is 7.82. The first kappa shape index (κ1) is 19.9. The number of piperidine rings is 1. The molecule has 7 nitrogen and oxygen atoms in total. The number of amides is 1. The van der Waals surface area contributed by atoms with Gasteiger partial charge in [0.05, 0.1) is 19.1 Å². The first-order chi connectivity index (χ1) is 14.4. The van der Waals surface area contributed by atoms with E-state index in [9.17, 15) is 14.4 Å². The number of ether oxygens (including phenoxy) is 3. The van der Waals surface area contributed by atoms with Crippen molar-refractivity contribution in [2.45, 2.75) is 31.8 Å². The SMILES string of the molecule is COc1ccc2c(c1)C(=O)CC1(CCN(C(=O)c3ccc(OC(C)=O)cc3)CC1)O2. The number of nitrogens with zero attached hydrogens (tertiary/aromatic N) is 1. The summed E-state index contributed by atoms with van der Waals surface area (Å²) in [7, 11) is 1.56. The van der Waals surface area contributed by atoms with E-state index in [-0.39, 0.29) is 11.7 Å². The Balaban J connectivity index is 1.42.